The molecular formula is C15H20O2. The molecule has 0 amide bonds. The van der Waals surface area contributed by atoms with Crippen molar-refractivity contribution in [3.05, 3.63) is 35.4 Å². The molecule has 2 rings (SSSR count). The van der Waals surface area contributed by atoms with Crippen LogP contribution in [0.3, 0.4) is 0 Å². The second-order valence-corrected chi connectivity index (χ2v) is 5.00. The standard InChI is InChI=1S/C15H20O2/c1-11-5-3-6-12(9-11)13-7-4-8-14(10-13)15(16)17-2/h3,5-6,9,13-14H,4,7-8,10H2,1-2H3. The first-order chi connectivity index (χ1) is 8.20. The van der Waals surface area contributed by atoms with Crippen LogP contribution in [0.1, 0.15) is 42.7 Å². The first kappa shape index (κ1) is 12.2. The minimum atomic E-state index is -0.0395. The van der Waals surface area contributed by atoms with Gasteiger partial charge < -0.3 is 4.74 Å². The molecule has 2 atom stereocenters. The minimum absolute atomic E-state index is 0.0395. The van der Waals surface area contributed by atoms with Crippen molar-refractivity contribution in [2.45, 2.75) is 38.5 Å². The van der Waals surface area contributed by atoms with Gasteiger partial charge in [-0.15, -0.1) is 0 Å². The Balaban J connectivity index is 2.09. The number of hydrogen-bond acceptors (Lipinski definition) is 2. The largest absolute Gasteiger partial charge is 0.469 e. The number of hydrogen-bond donors (Lipinski definition) is 0. The van der Waals surface area contributed by atoms with Crippen LogP contribution in [0, 0.1) is 12.8 Å². The fourth-order valence-corrected chi connectivity index (χ4v) is 2.80. The number of ether oxygens (including phenoxy) is 1. The van der Waals surface area contributed by atoms with Crippen molar-refractivity contribution in [2.75, 3.05) is 7.11 Å². The summed E-state index contributed by atoms with van der Waals surface area (Å²) >= 11 is 0. The predicted molar refractivity (Wildman–Crippen MR) is 67.9 cm³/mol. The van der Waals surface area contributed by atoms with Gasteiger partial charge in [0.25, 0.3) is 0 Å². The maximum Gasteiger partial charge on any atom is 0.308 e. The summed E-state index contributed by atoms with van der Waals surface area (Å²) in [5.41, 5.74) is 2.67. The molecule has 0 spiro atoms. The summed E-state index contributed by atoms with van der Waals surface area (Å²) in [6, 6.07) is 8.64. The van der Waals surface area contributed by atoms with Gasteiger partial charge in [-0.05, 0) is 37.7 Å². The molecular weight excluding hydrogens is 212 g/mol. The Morgan fingerprint density at radius 3 is 2.88 bits per heavy atom. The van der Waals surface area contributed by atoms with E-state index >= 15 is 0 Å². The maximum absolute atomic E-state index is 11.6. The summed E-state index contributed by atoms with van der Waals surface area (Å²) in [7, 11) is 1.48. The smallest absolute Gasteiger partial charge is 0.308 e. The van der Waals surface area contributed by atoms with Crippen molar-refractivity contribution in [3.63, 3.8) is 0 Å². The summed E-state index contributed by atoms with van der Waals surface area (Å²) in [6.07, 6.45) is 4.24. The number of aryl methyl sites for hydroxylation is 1. The molecule has 0 aliphatic heterocycles. The van der Waals surface area contributed by atoms with Crippen LogP contribution in [0.5, 0.6) is 0 Å². The normalized spacial score (nSPS) is 24.4. The zero-order valence-electron chi connectivity index (χ0n) is 10.6. The average molecular weight is 232 g/mol. The van der Waals surface area contributed by atoms with Crippen LogP contribution in [0.4, 0.5) is 0 Å². The summed E-state index contributed by atoms with van der Waals surface area (Å²) in [4.78, 5) is 11.6. The Kier molecular flexibility index (Phi) is 3.82. The molecule has 1 saturated carbocycles. The molecule has 17 heavy (non-hydrogen) atoms. The average Bonchev–Trinajstić information content (AvgIpc) is 2.38. The number of rotatable bonds is 2. The van der Waals surface area contributed by atoms with Crippen LogP contribution in [0.15, 0.2) is 24.3 Å². The Morgan fingerprint density at radius 2 is 2.18 bits per heavy atom. The third-order valence-electron chi connectivity index (χ3n) is 3.72. The maximum atomic E-state index is 11.6. The van der Waals surface area contributed by atoms with Crippen molar-refractivity contribution in [1.29, 1.82) is 0 Å². The van der Waals surface area contributed by atoms with Gasteiger partial charge in [0, 0.05) is 0 Å². The molecule has 2 nitrogen and oxygen atoms in total. The van der Waals surface area contributed by atoms with Crippen molar-refractivity contribution < 1.29 is 9.53 Å². The molecule has 1 aliphatic rings. The molecule has 2 heteroatoms. The van der Waals surface area contributed by atoms with Crippen LogP contribution in [-0.2, 0) is 9.53 Å². The summed E-state index contributed by atoms with van der Waals surface area (Å²) in [5, 5.41) is 0. The summed E-state index contributed by atoms with van der Waals surface area (Å²) < 4.78 is 4.86. The van der Waals surface area contributed by atoms with Gasteiger partial charge in [0.15, 0.2) is 0 Å². The van der Waals surface area contributed by atoms with Gasteiger partial charge in [-0.1, -0.05) is 36.2 Å². The molecule has 0 N–H and O–H groups in total. The number of benzene rings is 1. The van der Waals surface area contributed by atoms with Gasteiger partial charge in [-0.2, -0.15) is 0 Å². The molecule has 92 valence electrons. The molecule has 2 unspecified atom stereocenters. The fourth-order valence-electron chi connectivity index (χ4n) is 2.80. The molecule has 0 bridgehead atoms. The number of methoxy groups -OCH3 is 1. The van der Waals surface area contributed by atoms with E-state index in [1.807, 2.05) is 0 Å². The first-order valence-corrected chi connectivity index (χ1v) is 6.35. The zero-order valence-corrected chi connectivity index (χ0v) is 10.6. The van der Waals surface area contributed by atoms with Crippen molar-refractivity contribution >= 4 is 5.97 Å². The minimum Gasteiger partial charge on any atom is -0.469 e. The third kappa shape index (κ3) is 2.87. The van der Waals surface area contributed by atoms with E-state index in [0.717, 1.165) is 19.3 Å². The van der Waals surface area contributed by atoms with E-state index in [-0.39, 0.29) is 11.9 Å². The lowest BCUT2D eigenvalue weighted by Crippen LogP contribution is -2.23. The topological polar surface area (TPSA) is 26.3 Å². The summed E-state index contributed by atoms with van der Waals surface area (Å²) in [5.74, 6) is 0.578. The van der Waals surface area contributed by atoms with Crippen molar-refractivity contribution in [1.82, 2.24) is 0 Å². The molecule has 0 heterocycles. The van der Waals surface area contributed by atoms with Crippen LogP contribution in [0.2, 0.25) is 0 Å². The first-order valence-electron chi connectivity index (χ1n) is 6.35. The van der Waals surface area contributed by atoms with E-state index in [2.05, 4.69) is 31.2 Å². The van der Waals surface area contributed by atoms with E-state index in [0.29, 0.717) is 5.92 Å². The highest BCUT2D eigenvalue weighted by Crippen LogP contribution is 2.36. The van der Waals surface area contributed by atoms with E-state index in [1.54, 1.807) is 0 Å². The molecule has 0 aromatic heterocycles. The molecule has 1 aromatic carbocycles. The van der Waals surface area contributed by atoms with Gasteiger partial charge in [0.05, 0.1) is 13.0 Å². The molecule has 1 aliphatic carbocycles. The Labute approximate surface area is 103 Å². The van der Waals surface area contributed by atoms with Gasteiger partial charge in [0.2, 0.25) is 0 Å². The lowest BCUT2D eigenvalue weighted by atomic mass is 9.78. The van der Waals surface area contributed by atoms with Gasteiger partial charge >= 0.3 is 5.97 Å². The number of esters is 1. The zero-order chi connectivity index (χ0) is 12.3. The predicted octanol–water partition coefficient (Wildman–Crippen LogP) is 3.44. The lowest BCUT2D eigenvalue weighted by Gasteiger charge is -2.27. The summed E-state index contributed by atoms with van der Waals surface area (Å²) in [6.45, 7) is 2.12. The van der Waals surface area contributed by atoms with E-state index in [1.165, 1.54) is 24.7 Å². The van der Waals surface area contributed by atoms with E-state index < -0.39 is 0 Å². The van der Waals surface area contributed by atoms with Crippen LogP contribution in [0.25, 0.3) is 0 Å². The SMILES string of the molecule is COC(=O)C1CCCC(c2cccc(C)c2)C1. The van der Waals surface area contributed by atoms with Crippen LogP contribution < -0.4 is 0 Å². The van der Waals surface area contributed by atoms with Gasteiger partial charge in [0.1, 0.15) is 0 Å². The van der Waals surface area contributed by atoms with E-state index in [4.69, 9.17) is 4.74 Å². The second kappa shape index (κ2) is 5.35. The van der Waals surface area contributed by atoms with Crippen LogP contribution >= 0.6 is 0 Å². The van der Waals surface area contributed by atoms with Gasteiger partial charge in [-0.3, -0.25) is 4.79 Å². The quantitative estimate of drug-likeness (QED) is 0.730. The highest BCUT2D eigenvalue weighted by Gasteiger charge is 2.28. The molecule has 1 fully saturated rings. The highest BCUT2D eigenvalue weighted by molar-refractivity contribution is 5.72. The molecule has 0 radical (unpaired) electrons. The number of carbonyl (C=O) groups excluding carboxylic acids is 1. The fraction of sp³-hybridized carbons (Fsp3) is 0.533. The molecule has 0 saturated heterocycles. The monoisotopic (exact) mass is 232 g/mol. The number of carbonyl (C=O) groups is 1. The Morgan fingerprint density at radius 1 is 1.35 bits per heavy atom. The third-order valence-corrected chi connectivity index (χ3v) is 3.72. The van der Waals surface area contributed by atoms with Crippen LogP contribution in [-0.4, -0.2) is 13.1 Å². The second-order valence-electron chi connectivity index (χ2n) is 5.00. The van der Waals surface area contributed by atoms with E-state index in [9.17, 15) is 4.79 Å². The van der Waals surface area contributed by atoms with Gasteiger partial charge in [-0.25, -0.2) is 0 Å². The van der Waals surface area contributed by atoms with Crippen molar-refractivity contribution in [3.8, 4) is 0 Å². The molecule has 1 aromatic rings. The lowest BCUT2D eigenvalue weighted by molar-refractivity contribution is -0.146. The van der Waals surface area contributed by atoms with Crippen molar-refractivity contribution in [2.24, 2.45) is 5.92 Å². The highest BCUT2D eigenvalue weighted by atomic mass is 16.5. The Hall–Kier alpha value is -1.31. The Bertz CT molecular complexity index is 398.